The molecule has 7 nitrogen and oxygen atoms in total. The third-order valence-corrected chi connectivity index (χ3v) is 3.99. The molecule has 1 atom stereocenters. The zero-order chi connectivity index (χ0) is 18.0. The molecule has 0 spiro atoms. The van der Waals surface area contributed by atoms with Crippen molar-refractivity contribution in [1.82, 2.24) is 9.13 Å². The molecule has 1 unspecified atom stereocenters. The van der Waals surface area contributed by atoms with Crippen molar-refractivity contribution in [2.45, 2.75) is 19.4 Å². The average molecular weight is 331 g/mol. The Kier molecular flexibility index (Phi) is 5.04. The van der Waals surface area contributed by atoms with Gasteiger partial charge in [0.05, 0.1) is 12.7 Å². The van der Waals surface area contributed by atoms with Crippen molar-refractivity contribution in [2.75, 3.05) is 7.11 Å². The van der Waals surface area contributed by atoms with Gasteiger partial charge in [-0.1, -0.05) is 18.2 Å². The lowest BCUT2D eigenvalue weighted by Gasteiger charge is -2.13. The Morgan fingerprint density at radius 1 is 1.25 bits per heavy atom. The lowest BCUT2D eigenvalue weighted by molar-refractivity contribution is -0.142. The van der Waals surface area contributed by atoms with E-state index in [1.807, 2.05) is 19.1 Å². The van der Waals surface area contributed by atoms with E-state index >= 15 is 0 Å². The third-order valence-electron chi connectivity index (χ3n) is 3.99. The minimum atomic E-state index is -0.731. The molecule has 7 heteroatoms. The maximum Gasteiger partial charge on any atom is 0.330 e. The maximum absolute atomic E-state index is 12.4. The fourth-order valence-electron chi connectivity index (χ4n) is 2.64. The second kappa shape index (κ2) is 6.84. The van der Waals surface area contributed by atoms with Gasteiger partial charge in [-0.05, 0) is 30.0 Å². The van der Waals surface area contributed by atoms with E-state index < -0.39 is 12.0 Å². The lowest BCUT2D eigenvalue weighted by Crippen LogP contribution is -2.37. The zero-order valence-electron chi connectivity index (χ0n) is 14.2. The number of carbonyl (C=O) groups is 1. The van der Waals surface area contributed by atoms with Crippen LogP contribution in [0.1, 0.15) is 11.1 Å². The van der Waals surface area contributed by atoms with Crippen molar-refractivity contribution < 1.29 is 9.53 Å². The van der Waals surface area contributed by atoms with E-state index in [2.05, 4.69) is 4.74 Å². The highest BCUT2D eigenvalue weighted by atomic mass is 16.5. The first-order valence-corrected chi connectivity index (χ1v) is 7.46. The number of ether oxygens (including phenoxy) is 1. The molecule has 0 aliphatic carbocycles. The summed E-state index contributed by atoms with van der Waals surface area (Å²) >= 11 is 0. The van der Waals surface area contributed by atoms with Crippen molar-refractivity contribution in [3.05, 3.63) is 56.4 Å². The number of aryl methyl sites for hydroxylation is 2. The molecule has 2 rings (SSSR count). The SMILES string of the molecule is COC(=O)C(N)Cc1ccc(-c2cn(C)c(=O)n(C)c2=O)c(C)c1. The number of rotatable bonds is 4. The molecule has 0 fully saturated rings. The molecule has 0 aliphatic rings. The van der Waals surface area contributed by atoms with Crippen LogP contribution in [-0.4, -0.2) is 28.3 Å². The predicted octanol–water partition coefficient (Wildman–Crippen LogP) is 0.102. The van der Waals surface area contributed by atoms with Gasteiger partial charge in [-0.15, -0.1) is 0 Å². The molecule has 0 saturated carbocycles. The van der Waals surface area contributed by atoms with Crippen LogP contribution in [0, 0.1) is 6.92 Å². The van der Waals surface area contributed by atoms with Crippen LogP contribution in [0.4, 0.5) is 0 Å². The predicted molar refractivity (Wildman–Crippen MR) is 90.8 cm³/mol. The second-order valence-corrected chi connectivity index (χ2v) is 5.78. The number of hydrogen-bond donors (Lipinski definition) is 1. The van der Waals surface area contributed by atoms with Gasteiger partial charge >= 0.3 is 11.7 Å². The van der Waals surface area contributed by atoms with E-state index in [0.717, 1.165) is 21.3 Å². The maximum atomic E-state index is 12.4. The van der Waals surface area contributed by atoms with Gasteiger partial charge in [0.25, 0.3) is 5.56 Å². The zero-order valence-corrected chi connectivity index (χ0v) is 14.2. The van der Waals surface area contributed by atoms with Gasteiger partial charge in [0.2, 0.25) is 0 Å². The van der Waals surface area contributed by atoms with E-state index in [4.69, 9.17) is 5.73 Å². The van der Waals surface area contributed by atoms with Gasteiger partial charge in [0, 0.05) is 20.3 Å². The number of nitrogens with two attached hydrogens (primary N) is 1. The molecule has 0 bridgehead atoms. The molecule has 24 heavy (non-hydrogen) atoms. The summed E-state index contributed by atoms with van der Waals surface area (Å²) in [7, 11) is 4.35. The highest BCUT2D eigenvalue weighted by molar-refractivity contribution is 5.76. The van der Waals surface area contributed by atoms with Gasteiger partial charge < -0.3 is 15.0 Å². The van der Waals surface area contributed by atoms with Crippen LogP contribution in [0.5, 0.6) is 0 Å². The summed E-state index contributed by atoms with van der Waals surface area (Å²) in [6, 6.07) is 4.76. The fraction of sp³-hybridized carbons (Fsp3) is 0.353. The summed E-state index contributed by atoms with van der Waals surface area (Å²) < 4.78 is 7.07. The first kappa shape index (κ1) is 17.7. The summed E-state index contributed by atoms with van der Waals surface area (Å²) in [4.78, 5) is 35.6. The summed E-state index contributed by atoms with van der Waals surface area (Å²) in [5, 5.41) is 0. The van der Waals surface area contributed by atoms with Crippen LogP contribution < -0.4 is 17.0 Å². The molecule has 1 heterocycles. The Bertz CT molecular complexity index is 896. The second-order valence-electron chi connectivity index (χ2n) is 5.78. The molecule has 0 radical (unpaired) electrons. The monoisotopic (exact) mass is 331 g/mol. The van der Waals surface area contributed by atoms with Crippen LogP contribution >= 0.6 is 0 Å². The third kappa shape index (κ3) is 3.30. The quantitative estimate of drug-likeness (QED) is 0.802. The van der Waals surface area contributed by atoms with Crippen molar-refractivity contribution in [2.24, 2.45) is 19.8 Å². The van der Waals surface area contributed by atoms with E-state index in [9.17, 15) is 14.4 Å². The van der Waals surface area contributed by atoms with Crippen molar-refractivity contribution in [1.29, 1.82) is 0 Å². The number of nitrogens with zero attached hydrogens (tertiary/aromatic N) is 2. The summed E-state index contributed by atoms with van der Waals surface area (Å²) in [5.41, 5.74) is 7.97. The van der Waals surface area contributed by atoms with Crippen LogP contribution in [-0.2, 0) is 30.0 Å². The average Bonchev–Trinajstić information content (AvgIpc) is 2.56. The summed E-state index contributed by atoms with van der Waals surface area (Å²) in [6.07, 6.45) is 1.88. The van der Waals surface area contributed by atoms with Gasteiger partial charge in [-0.2, -0.15) is 0 Å². The van der Waals surface area contributed by atoms with Crippen LogP contribution in [0.3, 0.4) is 0 Å². The number of hydrogen-bond acceptors (Lipinski definition) is 5. The molecule has 1 aromatic heterocycles. The fourth-order valence-corrected chi connectivity index (χ4v) is 2.64. The van der Waals surface area contributed by atoms with Crippen LogP contribution in [0.2, 0.25) is 0 Å². The lowest BCUT2D eigenvalue weighted by atomic mass is 9.97. The molecular formula is C17H21N3O4. The Morgan fingerprint density at radius 3 is 2.50 bits per heavy atom. The number of esters is 1. The normalized spacial score (nSPS) is 12.0. The van der Waals surface area contributed by atoms with Gasteiger partial charge in [0.15, 0.2) is 0 Å². The Hall–Kier alpha value is -2.67. The Labute approximate surface area is 139 Å². The summed E-state index contributed by atoms with van der Waals surface area (Å²) in [5.74, 6) is -0.469. The summed E-state index contributed by atoms with van der Waals surface area (Å²) in [6.45, 7) is 1.87. The first-order chi connectivity index (χ1) is 11.3. The minimum absolute atomic E-state index is 0.346. The molecule has 2 N–H and O–H groups in total. The molecule has 1 aromatic carbocycles. The topological polar surface area (TPSA) is 96.3 Å². The molecule has 0 aliphatic heterocycles. The van der Waals surface area contributed by atoms with Crippen LogP contribution in [0.15, 0.2) is 34.0 Å². The highest BCUT2D eigenvalue weighted by Gasteiger charge is 2.16. The molecule has 128 valence electrons. The van der Waals surface area contributed by atoms with E-state index in [0.29, 0.717) is 12.0 Å². The van der Waals surface area contributed by atoms with Crippen molar-refractivity contribution in [3.8, 4) is 11.1 Å². The molecule has 2 aromatic rings. The van der Waals surface area contributed by atoms with Crippen molar-refractivity contribution in [3.63, 3.8) is 0 Å². The van der Waals surface area contributed by atoms with E-state index in [1.165, 1.54) is 24.9 Å². The number of aromatic nitrogens is 2. The standard InChI is InChI=1S/C17H21N3O4/c1-10-7-11(8-14(18)16(22)24-4)5-6-12(10)13-9-19(2)17(23)20(3)15(13)21/h5-7,9,14H,8,18H2,1-4H3. The molecule has 0 saturated heterocycles. The highest BCUT2D eigenvalue weighted by Crippen LogP contribution is 2.21. The van der Waals surface area contributed by atoms with E-state index in [1.54, 1.807) is 13.1 Å². The largest absolute Gasteiger partial charge is 0.468 e. The van der Waals surface area contributed by atoms with Gasteiger partial charge in [-0.25, -0.2) is 4.79 Å². The minimum Gasteiger partial charge on any atom is -0.468 e. The van der Waals surface area contributed by atoms with Crippen LogP contribution in [0.25, 0.3) is 11.1 Å². The smallest absolute Gasteiger partial charge is 0.330 e. The molecule has 0 amide bonds. The Balaban J connectivity index is 2.43. The van der Waals surface area contributed by atoms with Gasteiger partial charge in [0.1, 0.15) is 6.04 Å². The Morgan fingerprint density at radius 2 is 1.92 bits per heavy atom. The number of benzene rings is 1. The van der Waals surface area contributed by atoms with E-state index in [-0.39, 0.29) is 11.2 Å². The first-order valence-electron chi connectivity index (χ1n) is 7.46. The van der Waals surface area contributed by atoms with Gasteiger partial charge in [-0.3, -0.25) is 14.2 Å². The number of methoxy groups -OCH3 is 1. The number of carbonyl (C=O) groups excluding carboxylic acids is 1. The van der Waals surface area contributed by atoms with Crippen molar-refractivity contribution >= 4 is 5.97 Å². The molecular weight excluding hydrogens is 310 g/mol.